The summed E-state index contributed by atoms with van der Waals surface area (Å²) >= 11 is 5.81. The van der Waals surface area contributed by atoms with Gasteiger partial charge in [0.15, 0.2) is 6.29 Å². The van der Waals surface area contributed by atoms with E-state index in [1.807, 2.05) is 4.90 Å². The molecule has 1 N–H and O–H groups in total. The van der Waals surface area contributed by atoms with Crippen molar-refractivity contribution in [3.8, 4) is 0 Å². The van der Waals surface area contributed by atoms with E-state index in [9.17, 15) is 4.79 Å². The van der Waals surface area contributed by atoms with Crippen LogP contribution in [0, 0.1) is 0 Å². The van der Waals surface area contributed by atoms with Crippen LogP contribution < -0.4 is 4.90 Å². The number of rotatable bonds is 6. The summed E-state index contributed by atoms with van der Waals surface area (Å²) in [6.45, 7) is 4.69. The number of carbonyl (C=O) groups excluding carboxylic acids is 1. The first-order valence-corrected chi connectivity index (χ1v) is 5.32. The third-order valence-corrected chi connectivity index (χ3v) is 2.41. The van der Waals surface area contributed by atoms with Crippen LogP contribution in [0.15, 0.2) is 30.9 Å². The second-order valence-electron chi connectivity index (χ2n) is 3.28. The van der Waals surface area contributed by atoms with Crippen molar-refractivity contribution in [2.75, 3.05) is 24.6 Å². The molecule has 1 aromatic carbocycles. The quantitative estimate of drug-likeness (QED) is 0.611. The maximum absolute atomic E-state index is 10.9. The Kier molecular flexibility index (Phi) is 5.02. The maximum Gasteiger partial charge on any atom is 0.152 e. The van der Waals surface area contributed by atoms with Gasteiger partial charge < -0.3 is 10.0 Å². The molecular formula is C12H14ClNO2. The Morgan fingerprint density at radius 1 is 1.50 bits per heavy atom. The number of anilines is 1. The molecule has 3 nitrogen and oxygen atoms in total. The van der Waals surface area contributed by atoms with Crippen LogP contribution in [0.25, 0.3) is 0 Å². The van der Waals surface area contributed by atoms with Crippen molar-refractivity contribution in [2.24, 2.45) is 0 Å². The number of nitrogens with zero attached hydrogens (tertiary/aromatic N) is 1. The van der Waals surface area contributed by atoms with E-state index in [0.29, 0.717) is 23.7 Å². The minimum absolute atomic E-state index is 0.0226. The van der Waals surface area contributed by atoms with E-state index < -0.39 is 0 Å². The molecule has 0 bridgehead atoms. The fourth-order valence-electron chi connectivity index (χ4n) is 1.49. The summed E-state index contributed by atoms with van der Waals surface area (Å²) in [5.74, 6) is 0. The van der Waals surface area contributed by atoms with Gasteiger partial charge in [-0.05, 0) is 18.2 Å². The molecule has 0 amide bonds. The maximum atomic E-state index is 10.9. The molecule has 0 unspecified atom stereocenters. The Morgan fingerprint density at radius 3 is 2.81 bits per heavy atom. The van der Waals surface area contributed by atoms with Crippen molar-refractivity contribution in [2.45, 2.75) is 0 Å². The van der Waals surface area contributed by atoms with E-state index in [1.54, 1.807) is 24.3 Å². The van der Waals surface area contributed by atoms with Crippen molar-refractivity contribution >= 4 is 23.6 Å². The number of halogens is 1. The Hall–Kier alpha value is -1.32. The Morgan fingerprint density at radius 2 is 2.25 bits per heavy atom. The second-order valence-corrected chi connectivity index (χ2v) is 3.72. The summed E-state index contributed by atoms with van der Waals surface area (Å²) < 4.78 is 0. The van der Waals surface area contributed by atoms with Gasteiger partial charge in [-0.25, -0.2) is 0 Å². The van der Waals surface area contributed by atoms with Crippen LogP contribution in [-0.4, -0.2) is 31.1 Å². The standard InChI is InChI=1S/C12H14ClNO2/c1-2-5-14(6-7-15)12-4-3-11(13)8-10(12)9-16/h2-4,8-9,15H,1,5-7H2. The summed E-state index contributed by atoms with van der Waals surface area (Å²) in [5.41, 5.74) is 1.27. The molecule has 1 aromatic rings. The lowest BCUT2D eigenvalue weighted by molar-refractivity contribution is 0.112. The fourth-order valence-corrected chi connectivity index (χ4v) is 1.67. The summed E-state index contributed by atoms with van der Waals surface area (Å²) in [6, 6.07) is 5.10. The van der Waals surface area contributed by atoms with Gasteiger partial charge in [0.2, 0.25) is 0 Å². The largest absolute Gasteiger partial charge is 0.395 e. The summed E-state index contributed by atoms with van der Waals surface area (Å²) in [6.07, 6.45) is 2.48. The van der Waals surface area contributed by atoms with Crippen LogP contribution in [-0.2, 0) is 0 Å². The first-order chi connectivity index (χ1) is 7.72. The van der Waals surface area contributed by atoms with Crippen LogP contribution in [0.1, 0.15) is 10.4 Å². The first-order valence-electron chi connectivity index (χ1n) is 4.94. The zero-order valence-corrected chi connectivity index (χ0v) is 9.65. The fraction of sp³-hybridized carbons (Fsp3) is 0.250. The molecular weight excluding hydrogens is 226 g/mol. The molecule has 0 radical (unpaired) electrons. The van der Waals surface area contributed by atoms with Gasteiger partial charge in [-0.2, -0.15) is 0 Å². The van der Waals surface area contributed by atoms with Gasteiger partial charge in [-0.15, -0.1) is 6.58 Å². The zero-order chi connectivity index (χ0) is 12.0. The van der Waals surface area contributed by atoms with Crippen LogP contribution in [0.3, 0.4) is 0 Å². The molecule has 0 atom stereocenters. The molecule has 0 saturated heterocycles. The monoisotopic (exact) mass is 239 g/mol. The van der Waals surface area contributed by atoms with E-state index in [2.05, 4.69) is 6.58 Å². The van der Waals surface area contributed by atoms with Gasteiger partial charge in [0.05, 0.1) is 6.61 Å². The van der Waals surface area contributed by atoms with Crippen LogP contribution in [0.5, 0.6) is 0 Å². The molecule has 0 saturated carbocycles. The molecule has 4 heteroatoms. The molecule has 0 aliphatic rings. The number of hydrogen-bond donors (Lipinski definition) is 1. The van der Waals surface area contributed by atoms with E-state index >= 15 is 0 Å². The van der Waals surface area contributed by atoms with Crippen molar-refractivity contribution in [3.63, 3.8) is 0 Å². The van der Waals surface area contributed by atoms with Crippen molar-refractivity contribution in [1.82, 2.24) is 0 Å². The number of carbonyl (C=O) groups is 1. The number of benzene rings is 1. The minimum atomic E-state index is 0.0226. The van der Waals surface area contributed by atoms with Gasteiger partial charge in [0.25, 0.3) is 0 Å². The Labute approximate surface area is 100.0 Å². The lowest BCUT2D eigenvalue weighted by Gasteiger charge is -2.23. The van der Waals surface area contributed by atoms with E-state index in [1.165, 1.54) is 0 Å². The Bertz CT molecular complexity index is 379. The number of aliphatic hydroxyl groups excluding tert-OH is 1. The SMILES string of the molecule is C=CCN(CCO)c1ccc(Cl)cc1C=O. The van der Waals surface area contributed by atoms with Gasteiger partial charge in [0.1, 0.15) is 0 Å². The number of hydrogen-bond acceptors (Lipinski definition) is 3. The molecule has 86 valence electrons. The lowest BCUT2D eigenvalue weighted by Crippen LogP contribution is -2.27. The Balaban J connectivity index is 3.06. The third kappa shape index (κ3) is 3.08. The average Bonchev–Trinajstić information content (AvgIpc) is 2.28. The molecule has 0 aliphatic heterocycles. The molecule has 1 rings (SSSR count). The van der Waals surface area contributed by atoms with Crippen LogP contribution in [0.2, 0.25) is 5.02 Å². The van der Waals surface area contributed by atoms with Gasteiger partial charge >= 0.3 is 0 Å². The highest BCUT2D eigenvalue weighted by Gasteiger charge is 2.09. The third-order valence-electron chi connectivity index (χ3n) is 2.18. The molecule has 0 heterocycles. The molecule has 0 fully saturated rings. The predicted molar refractivity (Wildman–Crippen MR) is 66.3 cm³/mol. The van der Waals surface area contributed by atoms with Crippen molar-refractivity contribution in [3.05, 3.63) is 41.4 Å². The van der Waals surface area contributed by atoms with Crippen LogP contribution in [0.4, 0.5) is 5.69 Å². The smallest absolute Gasteiger partial charge is 0.152 e. The summed E-state index contributed by atoms with van der Waals surface area (Å²) in [5, 5.41) is 9.47. The van der Waals surface area contributed by atoms with Gasteiger partial charge in [-0.1, -0.05) is 17.7 Å². The van der Waals surface area contributed by atoms with Gasteiger partial charge in [-0.3, -0.25) is 4.79 Å². The van der Waals surface area contributed by atoms with Crippen LogP contribution >= 0.6 is 11.6 Å². The highest BCUT2D eigenvalue weighted by atomic mass is 35.5. The molecule has 16 heavy (non-hydrogen) atoms. The highest BCUT2D eigenvalue weighted by molar-refractivity contribution is 6.31. The highest BCUT2D eigenvalue weighted by Crippen LogP contribution is 2.22. The van der Waals surface area contributed by atoms with E-state index in [4.69, 9.17) is 16.7 Å². The molecule has 0 spiro atoms. The minimum Gasteiger partial charge on any atom is -0.395 e. The molecule has 0 aromatic heterocycles. The zero-order valence-electron chi connectivity index (χ0n) is 8.90. The number of aliphatic hydroxyl groups is 1. The van der Waals surface area contributed by atoms with E-state index in [0.717, 1.165) is 12.0 Å². The first kappa shape index (κ1) is 12.7. The normalized spacial score (nSPS) is 9.88. The second kappa shape index (κ2) is 6.30. The van der Waals surface area contributed by atoms with Gasteiger partial charge in [0, 0.05) is 29.4 Å². The lowest BCUT2D eigenvalue weighted by atomic mass is 10.1. The number of aldehydes is 1. The summed E-state index contributed by atoms with van der Waals surface area (Å²) in [7, 11) is 0. The van der Waals surface area contributed by atoms with Crippen molar-refractivity contribution in [1.29, 1.82) is 0 Å². The average molecular weight is 240 g/mol. The topological polar surface area (TPSA) is 40.5 Å². The predicted octanol–water partition coefficient (Wildman–Crippen LogP) is 2.14. The van der Waals surface area contributed by atoms with Crippen molar-refractivity contribution < 1.29 is 9.90 Å². The van der Waals surface area contributed by atoms with E-state index in [-0.39, 0.29) is 6.61 Å². The summed E-state index contributed by atoms with van der Waals surface area (Å²) in [4.78, 5) is 12.8. The molecule has 0 aliphatic carbocycles.